The minimum atomic E-state index is 0.716. The fourth-order valence-corrected chi connectivity index (χ4v) is 4.17. The van der Waals surface area contributed by atoms with Gasteiger partial charge < -0.3 is 15.1 Å². The summed E-state index contributed by atoms with van der Waals surface area (Å²) < 4.78 is 0. The van der Waals surface area contributed by atoms with Crippen molar-refractivity contribution in [1.82, 2.24) is 9.80 Å². The molecule has 2 aliphatic rings. The molecule has 1 aromatic heterocycles. The molecule has 1 saturated heterocycles. The first-order valence-corrected chi connectivity index (χ1v) is 8.99. The third-order valence-corrected chi connectivity index (χ3v) is 5.60. The minimum absolute atomic E-state index is 0.716. The van der Waals surface area contributed by atoms with Crippen LogP contribution in [-0.2, 0) is 0 Å². The molecule has 0 amide bonds. The summed E-state index contributed by atoms with van der Waals surface area (Å²) in [5.74, 6) is 1.07. The Labute approximate surface area is 145 Å². The molecule has 0 aliphatic carbocycles. The zero-order chi connectivity index (χ0) is 16.0. The van der Waals surface area contributed by atoms with Gasteiger partial charge >= 0.3 is 0 Å². The van der Waals surface area contributed by atoms with E-state index in [1.54, 1.807) is 11.3 Å². The van der Waals surface area contributed by atoms with E-state index in [1.807, 2.05) is 18.2 Å². The Morgan fingerprint density at radius 2 is 1.91 bits per heavy atom. The third-order valence-electron chi connectivity index (χ3n) is 4.32. The van der Waals surface area contributed by atoms with Crippen molar-refractivity contribution in [1.29, 1.82) is 0 Å². The van der Waals surface area contributed by atoms with Crippen LogP contribution in [0.3, 0.4) is 0 Å². The molecule has 1 fully saturated rings. The number of anilines is 2. The van der Waals surface area contributed by atoms with Crippen LogP contribution in [0.25, 0.3) is 0 Å². The fraction of sp³-hybridized carbons (Fsp3) is 0.353. The standard InChI is InChI=1S/C17H19ClN4S/c1-11-9-15-16(23-11)17(22-7-5-21(2)6-8-22)20-14-10-12(18)3-4-13(14)19-15/h3-4,9-10,19H,5-8H2,1-2H3. The molecule has 4 nitrogen and oxygen atoms in total. The van der Waals surface area contributed by atoms with Crippen LogP contribution in [-0.4, -0.2) is 48.9 Å². The van der Waals surface area contributed by atoms with Crippen molar-refractivity contribution in [3.63, 3.8) is 0 Å². The molecule has 0 unspecified atom stereocenters. The number of rotatable bonds is 0. The van der Waals surface area contributed by atoms with Crippen molar-refractivity contribution in [2.24, 2.45) is 4.99 Å². The summed E-state index contributed by atoms with van der Waals surface area (Å²) in [4.78, 5) is 12.3. The lowest BCUT2D eigenvalue weighted by Crippen LogP contribution is -2.47. The zero-order valence-electron chi connectivity index (χ0n) is 13.3. The maximum absolute atomic E-state index is 6.18. The molecule has 0 radical (unpaired) electrons. The molecule has 4 rings (SSSR count). The van der Waals surface area contributed by atoms with Gasteiger partial charge in [0.2, 0.25) is 0 Å². The second-order valence-electron chi connectivity index (χ2n) is 6.11. The van der Waals surface area contributed by atoms with Crippen LogP contribution in [0.5, 0.6) is 0 Å². The molecule has 0 saturated carbocycles. The topological polar surface area (TPSA) is 30.9 Å². The SMILES string of the molecule is Cc1cc2c(s1)C(N1CCN(C)CC1)=Nc1cc(Cl)ccc1N2. The predicted molar refractivity (Wildman–Crippen MR) is 99.1 cm³/mol. The van der Waals surface area contributed by atoms with Crippen LogP contribution in [0.4, 0.5) is 17.1 Å². The van der Waals surface area contributed by atoms with Gasteiger partial charge in [-0.25, -0.2) is 4.99 Å². The van der Waals surface area contributed by atoms with Gasteiger partial charge in [0, 0.05) is 36.1 Å². The summed E-state index contributed by atoms with van der Waals surface area (Å²) in [5, 5.41) is 4.25. The number of amidine groups is 1. The highest BCUT2D eigenvalue weighted by molar-refractivity contribution is 7.14. The molecule has 0 spiro atoms. The molecule has 3 heterocycles. The maximum Gasteiger partial charge on any atom is 0.148 e. The Kier molecular flexibility index (Phi) is 3.79. The third kappa shape index (κ3) is 2.84. The summed E-state index contributed by atoms with van der Waals surface area (Å²) in [5.41, 5.74) is 3.07. The van der Waals surface area contributed by atoms with E-state index >= 15 is 0 Å². The van der Waals surface area contributed by atoms with Gasteiger partial charge in [-0.05, 0) is 38.2 Å². The largest absolute Gasteiger partial charge is 0.353 e. The van der Waals surface area contributed by atoms with Gasteiger partial charge in [-0.3, -0.25) is 0 Å². The monoisotopic (exact) mass is 346 g/mol. The summed E-state index contributed by atoms with van der Waals surface area (Å²) in [6.07, 6.45) is 0. The molecule has 0 atom stereocenters. The van der Waals surface area contributed by atoms with Crippen molar-refractivity contribution in [3.05, 3.63) is 39.0 Å². The number of likely N-dealkylation sites (N-methyl/N-ethyl adjacent to an activating group) is 1. The molecule has 2 aromatic rings. The quantitative estimate of drug-likeness (QED) is 0.779. The van der Waals surface area contributed by atoms with Gasteiger partial charge in [-0.15, -0.1) is 11.3 Å². The van der Waals surface area contributed by atoms with Gasteiger partial charge in [0.1, 0.15) is 5.84 Å². The fourth-order valence-electron chi connectivity index (χ4n) is 3.02. The smallest absolute Gasteiger partial charge is 0.148 e. The summed E-state index contributed by atoms with van der Waals surface area (Å²) >= 11 is 7.98. The number of thiophene rings is 1. The molecular weight excluding hydrogens is 328 g/mol. The molecule has 23 heavy (non-hydrogen) atoms. The van der Waals surface area contributed by atoms with E-state index in [1.165, 1.54) is 9.75 Å². The van der Waals surface area contributed by atoms with Crippen molar-refractivity contribution in [2.45, 2.75) is 6.92 Å². The lowest BCUT2D eigenvalue weighted by atomic mass is 10.2. The second-order valence-corrected chi connectivity index (χ2v) is 7.80. The normalized spacial score (nSPS) is 17.9. The average molecular weight is 347 g/mol. The molecule has 1 aromatic carbocycles. The van der Waals surface area contributed by atoms with E-state index < -0.39 is 0 Å². The number of hydrogen-bond donors (Lipinski definition) is 1. The van der Waals surface area contributed by atoms with Crippen LogP contribution < -0.4 is 5.32 Å². The lowest BCUT2D eigenvalue weighted by Gasteiger charge is -2.34. The van der Waals surface area contributed by atoms with E-state index in [4.69, 9.17) is 16.6 Å². The average Bonchev–Trinajstić information content (AvgIpc) is 2.82. The van der Waals surface area contributed by atoms with Crippen LogP contribution in [0.1, 0.15) is 9.75 Å². The number of nitrogens with zero attached hydrogens (tertiary/aromatic N) is 3. The van der Waals surface area contributed by atoms with Crippen molar-refractivity contribution < 1.29 is 0 Å². The summed E-state index contributed by atoms with van der Waals surface area (Å²) in [6, 6.07) is 8.05. The lowest BCUT2D eigenvalue weighted by molar-refractivity contribution is 0.216. The summed E-state index contributed by atoms with van der Waals surface area (Å²) in [7, 11) is 2.17. The first kappa shape index (κ1) is 15.0. The van der Waals surface area contributed by atoms with Crippen molar-refractivity contribution in [3.8, 4) is 0 Å². The van der Waals surface area contributed by atoms with E-state index in [-0.39, 0.29) is 0 Å². The Bertz CT molecular complexity index is 775. The number of aliphatic imine (C=N–C) groups is 1. The molecule has 2 aliphatic heterocycles. The van der Waals surface area contributed by atoms with Crippen LogP contribution in [0.2, 0.25) is 5.02 Å². The first-order valence-electron chi connectivity index (χ1n) is 7.80. The Balaban J connectivity index is 1.82. The van der Waals surface area contributed by atoms with Crippen molar-refractivity contribution in [2.75, 3.05) is 38.5 Å². The molecular formula is C17H19ClN4S. The predicted octanol–water partition coefficient (Wildman–Crippen LogP) is 4.09. The maximum atomic E-state index is 6.18. The minimum Gasteiger partial charge on any atom is -0.353 e. The first-order chi connectivity index (χ1) is 11.1. The van der Waals surface area contributed by atoms with Crippen LogP contribution in [0, 0.1) is 6.92 Å². The second kappa shape index (κ2) is 5.82. The van der Waals surface area contributed by atoms with Gasteiger partial charge in [-0.2, -0.15) is 0 Å². The highest BCUT2D eigenvalue weighted by Gasteiger charge is 2.25. The molecule has 1 N–H and O–H groups in total. The molecule has 0 bridgehead atoms. The molecule has 6 heteroatoms. The van der Waals surface area contributed by atoms with Crippen LogP contribution in [0.15, 0.2) is 29.3 Å². The summed E-state index contributed by atoms with van der Waals surface area (Å²) in [6.45, 7) is 6.28. The number of piperazine rings is 1. The Morgan fingerprint density at radius 3 is 2.70 bits per heavy atom. The zero-order valence-corrected chi connectivity index (χ0v) is 14.8. The van der Waals surface area contributed by atoms with Gasteiger partial charge in [0.25, 0.3) is 0 Å². The Hall–Kier alpha value is -1.56. The van der Waals surface area contributed by atoms with E-state index in [2.05, 4.69) is 35.2 Å². The number of hydrogen-bond acceptors (Lipinski definition) is 5. The molecule has 120 valence electrons. The van der Waals surface area contributed by atoms with Crippen LogP contribution >= 0.6 is 22.9 Å². The van der Waals surface area contributed by atoms with Gasteiger partial charge in [0.05, 0.1) is 21.9 Å². The number of nitrogens with one attached hydrogen (secondary N) is 1. The van der Waals surface area contributed by atoms with Crippen molar-refractivity contribution >= 4 is 45.8 Å². The van der Waals surface area contributed by atoms with E-state index in [0.29, 0.717) is 5.02 Å². The van der Waals surface area contributed by atoms with E-state index in [9.17, 15) is 0 Å². The number of halogens is 1. The van der Waals surface area contributed by atoms with Gasteiger partial charge in [-0.1, -0.05) is 11.6 Å². The number of benzene rings is 1. The highest BCUT2D eigenvalue weighted by Crippen LogP contribution is 2.39. The van der Waals surface area contributed by atoms with Gasteiger partial charge in [0.15, 0.2) is 0 Å². The Morgan fingerprint density at radius 1 is 1.13 bits per heavy atom. The highest BCUT2D eigenvalue weighted by atomic mass is 35.5. The number of fused-ring (bicyclic) bond motifs is 2. The van der Waals surface area contributed by atoms with E-state index in [0.717, 1.165) is 49.1 Å². The number of aryl methyl sites for hydroxylation is 1.